The fraction of sp³-hybridized carbons (Fsp3) is 0.125. The minimum atomic E-state index is 0.0366. The number of carbonyl (C=O) groups excluding carboxylic acids is 1. The number of carbonyl (C=O) groups is 1. The Balaban J connectivity index is 2.07. The average Bonchev–Trinajstić information content (AvgIpc) is 2.77. The summed E-state index contributed by atoms with van der Waals surface area (Å²) < 4.78 is 0. The van der Waals surface area contributed by atoms with Gasteiger partial charge in [0, 0.05) is 5.56 Å². The maximum absolute atomic E-state index is 11.5. The van der Waals surface area contributed by atoms with Crippen molar-refractivity contribution in [2.45, 2.75) is 13.3 Å². The number of hydrogen-bond acceptors (Lipinski definition) is 2. The highest BCUT2D eigenvalue weighted by atomic mass is 32.1. The van der Waals surface area contributed by atoms with Crippen LogP contribution < -0.4 is 5.32 Å². The fourth-order valence-corrected chi connectivity index (χ4v) is 2.68. The minimum absolute atomic E-state index is 0.0366. The third-order valence-corrected chi connectivity index (χ3v) is 3.75. The molecular weight excluding hydrogens is 254 g/mol. The van der Waals surface area contributed by atoms with E-state index < -0.39 is 0 Å². The summed E-state index contributed by atoms with van der Waals surface area (Å²) in [6.07, 6.45) is 0.444. The molecule has 1 heterocycles. The molecule has 1 aliphatic heterocycles. The van der Waals surface area contributed by atoms with E-state index >= 15 is 0 Å². The monoisotopic (exact) mass is 267 g/mol. The van der Waals surface area contributed by atoms with E-state index in [-0.39, 0.29) is 5.91 Å². The van der Waals surface area contributed by atoms with Gasteiger partial charge in [-0.3, -0.25) is 4.79 Å². The molecule has 0 unspecified atom stereocenters. The summed E-state index contributed by atoms with van der Waals surface area (Å²) in [4.78, 5) is 12.3. The smallest absolute Gasteiger partial charge is 0.228 e. The standard InChI is InChI=1S/C16H13NOS/c1-10-4-2-6-12(8-10)16(19)13-7-3-5-11-9-14(18)17-15(11)13/h2-8H,9H2,1H3,(H,17,18). The molecule has 94 valence electrons. The number of nitrogens with one attached hydrogen (secondary N) is 1. The van der Waals surface area contributed by atoms with Gasteiger partial charge in [-0.2, -0.15) is 0 Å². The van der Waals surface area contributed by atoms with Crippen LogP contribution in [0.15, 0.2) is 42.5 Å². The zero-order valence-electron chi connectivity index (χ0n) is 10.6. The van der Waals surface area contributed by atoms with E-state index in [9.17, 15) is 4.79 Å². The fourth-order valence-electron chi connectivity index (χ4n) is 2.38. The molecule has 0 atom stereocenters. The molecule has 0 spiro atoms. The quantitative estimate of drug-likeness (QED) is 0.668. The van der Waals surface area contributed by atoms with Crippen molar-refractivity contribution in [1.29, 1.82) is 0 Å². The number of hydrogen-bond donors (Lipinski definition) is 1. The van der Waals surface area contributed by atoms with Gasteiger partial charge >= 0.3 is 0 Å². The van der Waals surface area contributed by atoms with Crippen molar-refractivity contribution in [3.8, 4) is 0 Å². The van der Waals surface area contributed by atoms with Crippen molar-refractivity contribution in [2.75, 3.05) is 5.32 Å². The Morgan fingerprint density at radius 2 is 2.00 bits per heavy atom. The van der Waals surface area contributed by atoms with Gasteiger partial charge in [-0.25, -0.2) is 0 Å². The number of para-hydroxylation sites is 1. The Hall–Kier alpha value is -2.00. The molecule has 3 rings (SSSR count). The lowest BCUT2D eigenvalue weighted by molar-refractivity contribution is -0.115. The Bertz CT molecular complexity index is 691. The number of benzene rings is 2. The van der Waals surface area contributed by atoms with Crippen LogP contribution in [0.3, 0.4) is 0 Å². The zero-order valence-corrected chi connectivity index (χ0v) is 11.4. The van der Waals surface area contributed by atoms with Crippen LogP contribution in [0.4, 0.5) is 5.69 Å². The SMILES string of the molecule is Cc1cccc(C(=S)c2cccc3c2NC(=O)C3)c1. The van der Waals surface area contributed by atoms with Crippen molar-refractivity contribution >= 4 is 28.7 Å². The minimum Gasteiger partial charge on any atom is -0.325 e. The van der Waals surface area contributed by atoms with Crippen LogP contribution in [0.1, 0.15) is 22.3 Å². The molecule has 0 aromatic heterocycles. The van der Waals surface area contributed by atoms with Crippen molar-refractivity contribution in [2.24, 2.45) is 0 Å². The average molecular weight is 267 g/mol. The largest absolute Gasteiger partial charge is 0.325 e. The first-order valence-corrected chi connectivity index (χ1v) is 6.59. The van der Waals surface area contributed by atoms with Crippen LogP contribution in [0.5, 0.6) is 0 Å². The second kappa shape index (κ2) is 4.59. The van der Waals surface area contributed by atoms with Gasteiger partial charge in [0.2, 0.25) is 5.91 Å². The van der Waals surface area contributed by atoms with Gasteiger partial charge in [0.15, 0.2) is 0 Å². The highest BCUT2D eigenvalue weighted by Gasteiger charge is 2.22. The Kier molecular flexibility index (Phi) is 2.91. The molecule has 2 aromatic carbocycles. The molecular formula is C16H13NOS. The molecule has 0 bridgehead atoms. The van der Waals surface area contributed by atoms with Crippen molar-refractivity contribution in [3.05, 3.63) is 64.7 Å². The van der Waals surface area contributed by atoms with Gasteiger partial charge in [-0.1, -0.05) is 60.2 Å². The molecule has 0 saturated heterocycles. The molecule has 19 heavy (non-hydrogen) atoms. The van der Waals surface area contributed by atoms with E-state index in [1.807, 2.05) is 43.3 Å². The molecule has 0 radical (unpaired) electrons. The number of rotatable bonds is 2. The lowest BCUT2D eigenvalue weighted by Crippen LogP contribution is -2.07. The van der Waals surface area contributed by atoms with Crippen LogP contribution in [-0.2, 0) is 11.2 Å². The van der Waals surface area contributed by atoms with Crippen molar-refractivity contribution in [1.82, 2.24) is 0 Å². The summed E-state index contributed by atoms with van der Waals surface area (Å²) in [5.41, 5.74) is 5.03. The summed E-state index contributed by atoms with van der Waals surface area (Å²) in [6.45, 7) is 2.04. The second-order valence-corrected chi connectivity index (χ2v) is 5.17. The lowest BCUT2D eigenvalue weighted by atomic mass is 9.99. The van der Waals surface area contributed by atoms with Crippen molar-refractivity contribution < 1.29 is 4.79 Å². The Labute approximate surface area is 117 Å². The number of fused-ring (bicyclic) bond motifs is 1. The predicted molar refractivity (Wildman–Crippen MR) is 80.8 cm³/mol. The number of amides is 1. The van der Waals surface area contributed by atoms with Crippen LogP contribution in [0.2, 0.25) is 0 Å². The maximum Gasteiger partial charge on any atom is 0.228 e. The van der Waals surface area contributed by atoms with Gasteiger partial charge in [0.1, 0.15) is 0 Å². The van der Waals surface area contributed by atoms with E-state index in [4.69, 9.17) is 12.2 Å². The molecule has 1 amide bonds. The van der Waals surface area contributed by atoms with Gasteiger partial charge in [-0.05, 0) is 18.1 Å². The number of aryl methyl sites for hydroxylation is 1. The third kappa shape index (κ3) is 2.17. The highest BCUT2D eigenvalue weighted by Crippen LogP contribution is 2.29. The second-order valence-electron chi connectivity index (χ2n) is 4.76. The van der Waals surface area contributed by atoms with E-state index in [2.05, 4.69) is 11.4 Å². The number of thiocarbonyl (C=S) groups is 1. The maximum atomic E-state index is 11.5. The summed E-state index contributed by atoms with van der Waals surface area (Å²) >= 11 is 5.58. The van der Waals surface area contributed by atoms with E-state index in [1.165, 1.54) is 5.56 Å². The van der Waals surface area contributed by atoms with Crippen molar-refractivity contribution in [3.63, 3.8) is 0 Å². The molecule has 0 saturated carbocycles. The van der Waals surface area contributed by atoms with Crippen LogP contribution >= 0.6 is 12.2 Å². The Morgan fingerprint density at radius 3 is 2.79 bits per heavy atom. The Morgan fingerprint density at radius 1 is 1.21 bits per heavy atom. The lowest BCUT2D eigenvalue weighted by Gasteiger charge is -2.10. The van der Waals surface area contributed by atoms with Crippen LogP contribution in [0, 0.1) is 6.92 Å². The normalized spacial score (nSPS) is 13.0. The third-order valence-electron chi connectivity index (χ3n) is 3.29. The van der Waals surface area contributed by atoms with Crippen LogP contribution in [0.25, 0.3) is 0 Å². The molecule has 1 N–H and O–H groups in total. The van der Waals surface area contributed by atoms with Gasteiger partial charge in [0.05, 0.1) is 17.0 Å². The van der Waals surface area contributed by atoms with E-state index in [1.54, 1.807) is 0 Å². The summed E-state index contributed by atoms with van der Waals surface area (Å²) in [5, 5.41) is 2.90. The zero-order chi connectivity index (χ0) is 13.4. The highest BCUT2D eigenvalue weighted by molar-refractivity contribution is 7.81. The summed E-state index contributed by atoms with van der Waals surface area (Å²) in [5.74, 6) is 0.0366. The number of anilines is 1. The molecule has 0 fully saturated rings. The van der Waals surface area contributed by atoms with E-state index in [0.717, 1.165) is 27.2 Å². The summed E-state index contributed by atoms with van der Waals surface area (Å²) in [7, 11) is 0. The first kappa shape index (κ1) is 12.1. The first-order valence-electron chi connectivity index (χ1n) is 6.18. The van der Waals surface area contributed by atoms with Crippen LogP contribution in [-0.4, -0.2) is 10.8 Å². The molecule has 2 aromatic rings. The summed E-state index contributed by atoms with van der Waals surface area (Å²) in [6, 6.07) is 14.0. The van der Waals surface area contributed by atoms with Gasteiger partial charge in [0.25, 0.3) is 0 Å². The topological polar surface area (TPSA) is 29.1 Å². The molecule has 0 aliphatic carbocycles. The predicted octanol–water partition coefficient (Wildman–Crippen LogP) is 3.26. The molecule has 3 heteroatoms. The molecule has 2 nitrogen and oxygen atoms in total. The van der Waals surface area contributed by atoms with Gasteiger partial charge < -0.3 is 5.32 Å². The first-order chi connectivity index (χ1) is 9.15. The van der Waals surface area contributed by atoms with E-state index in [0.29, 0.717) is 6.42 Å². The molecule has 1 aliphatic rings. The van der Waals surface area contributed by atoms with Gasteiger partial charge in [-0.15, -0.1) is 0 Å².